The Hall–Kier alpha value is -2.12. The van der Waals surface area contributed by atoms with Gasteiger partial charge in [-0.15, -0.1) is 0 Å². The van der Waals surface area contributed by atoms with Crippen LogP contribution in [0.25, 0.3) is 5.57 Å². The second-order valence-electron chi connectivity index (χ2n) is 7.38. The highest BCUT2D eigenvalue weighted by molar-refractivity contribution is 5.74. The van der Waals surface area contributed by atoms with Crippen LogP contribution >= 0.6 is 0 Å². The van der Waals surface area contributed by atoms with Crippen molar-refractivity contribution in [2.24, 2.45) is 0 Å². The van der Waals surface area contributed by atoms with E-state index in [-0.39, 0.29) is 18.2 Å². The van der Waals surface area contributed by atoms with E-state index in [1.807, 2.05) is 26.8 Å². The van der Waals surface area contributed by atoms with E-state index in [4.69, 9.17) is 4.74 Å². The topological polar surface area (TPSA) is 55.3 Å². The third-order valence-corrected chi connectivity index (χ3v) is 4.28. The molecule has 0 saturated carbocycles. The van der Waals surface area contributed by atoms with Gasteiger partial charge in [0.05, 0.1) is 6.04 Å². The smallest absolute Gasteiger partial charge is 0.444 e. The van der Waals surface area contributed by atoms with Crippen LogP contribution < -0.4 is 0 Å². The lowest BCUT2D eigenvalue weighted by atomic mass is 9.97. The number of ether oxygens (including phenoxy) is 1. The summed E-state index contributed by atoms with van der Waals surface area (Å²) in [6, 6.07) is -0.118. The van der Waals surface area contributed by atoms with Crippen molar-refractivity contribution in [2.45, 2.75) is 63.9 Å². The van der Waals surface area contributed by atoms with Gasteiger partial charge in [0.25, 0.3) is 0 Å². The Bertz CT molecular complexity index is 693. The SMILES string of the molecule is CC(C)(C)OC(=O)N1C2C=C(c3cnc(C(F)(F)F)nc3)CC1CC2. The van der Waals surface area contributed by atoms with Crippen molar-refractivity contribution in [3.05, 3.63) is 29.9 Å². The molecule has 1 fully saturated rings. The van der Waals surface area contributed by atoms with Crippen LogP contribution in [0.3, 0.4) is 0 Å². The molecule has 0 aliphatic carbocycles. The standard InChI is InChI=1S/C17H20F3N3O2/c1-16(2,3)25-15(24)23-12-4-5-13(23)7-10(6-12)11-8-21-14(22-9-11)17(18,19)20/h6,8-9,12-13H,4-5,7H2,1-3H3. The van der Waals surface area contributed by atoms with Crippen molar-refractivity contribution >= 4 is 11.7 Å². The number of halogens is 3. The van der Waals surface area contributed by atoms with Gasteiger partial charge in [-0.1, -0.05) is 6.08 Å². The number of carbonyl (C=O) groups is 1. The van der Waals surface area contributed by atoms with Gasteiger partial charge in [-0.3, -0.25) is 4.90 Å². The summed E-state index contributed by atoms with van der Waals surface area (Å²) in [5.74, 6) is -1.15. The predicted octanol–water partition coefficient (Wildman–Crippen LogP) is 4.05. The van der Waals surface area contributed by atoms with Gasteiger partial charge < -0.3 is 4.74 Å². The van der Waals surface area contributed by atoms with Crippen molar-refractivity contribution in [3.8, 4) is 0 Å². The molecule has 1 aromatic heterocycles. The molecule has 0 spiro atoms. The molecule has 3 rings (SSSR count). The van der Waals surface area contributed by atoms with E-state index in [2.05, 4.69) is 9.97 Å². The molecule has 25 heavy (non-hydrogen) atoms. The monoisotopic (exact) mass is 355 g/mol. The number of amides is 1. The first-order valence-electron chi connectivity index (χ1n) is 8.16. The summed E-state index contributed by atoms with van der Waals surface area (Å²) in [5, 5.41) is 0. The van der Waals surface area contributed by atoms with E-state index in [1.54, 1.807) is 4.90 Å². The fourth-order valence-corrected chi connectivity index (χ4v) is 3.28. The van der Waals surface area contributed by atoms with Crippen LogP contribution in [-0.4, -0.2) is 38.6 Å². The molecule has 3 heterocycles. The summed E-state index contributed by atoms with van der Waals surface area (Å²) in [6.45, 7) is 5.45. The molecule has 1 saturated heterocycles. The van der Waals surface area contributed by atoms with Gasteiger partial charge in [-0.25, -0.2) is 14.8 Å². The second-order valence-corrected chi connectivity index (χ2v) is 7.38. The van der Waals surface area contributed by atoms with Crippen LogP contribution in [-0.2, 0) is 10.9 Å². The molecule has 2 aliphatic heterocycles. The van der Waals surface area contributed by atoms with Crippen LogP contribution in [0, 0.1) is 0 Å². The zero-order valence-corrected chi connectivity index (χ0v) is 14.3. The highest BCUT2D eigenvalue weighted by Crippen LogP contribution is 2.39. The molecule has 8 heteroatoms. The van der Waals surface area contributed by atoms with Crippen LogP contribution in [0.1, 0.15) is 51.4 Å². The fraction of sp³-hybridized carbons (Fsp3) is 0.588. The van der Waals surface area contributed by atoms with Crippen molar-refractivity contribution in [1.29, 1.82) is 0 Å². The lowest BCUT2D eigenvalue weighted by Gasteiger charge is -2.35. The molecule has 0 aromatic carbocycles. The second kappa shape index (κ2) is 6.00. The van der Waals surface area contributed by atoms with E-state index in [0.717, 1.165) is 18.4 Å². The van der Waals surface area contributed by atoms with Gasteiger partial charge >= 0.3 is 12.3 Å². The van der Waals surface area contributed by atoms with Crippen molar-refractivity contribution in [1.82, 2.24) is 14.9 Å². The Morgan fingerprint density at radius 2 is 1.84 bits per heavy atom. The molecule has 2 unspecified atom stereocenters. The molecular weight excluding hydrogens is 335 g/mol. The first-order chi connectivity index (χ1) is 11.5. The van der Waals surface area contributed by atoms with Crippen LogP contribution in [0.2, 0.25) is 0 Å². The lowest BCUT2D eigenvalue weighted by Crippen LogP contribution is -2.45. The normalized spacial score (nSPS) is 23.4. The van der Waals surface area contributed by atoms with Gasteiger partial charge in [-0.2, -0.15) is 13.2 Å². The third-order valence-electron chi connectivity index (χ3n) is 4.28. The average molecular weight is 355 g/mol. The lowest BCUT2D eigenvalue weighted by molar-refractivity contribution is -0.145. The summed E-state index contributed by atoms with van der Waals surface area (Å²) in [5.41, 5.74) is 0.872. The zero-order valence-electron chi connectivity index (χ0n) is 14.3. The van der Waals surface area contributed by atoms with Gasteiger partial charge in [0.15, 0.2) is 0 Å². The molecule has 2 atom stereocenters. The van der Waals surface area contributed by atoms with Gasteiger partial charge in [0.1, 0.15) is 5.60 Å². The maximum absolute atomic E-state index is 12.6. The van der Waals surface area contributed by atoms with Crippen molar-refractivity contribution < 1.29 is 22.7 Å². The van der Waals surface area contributed by atoms with Crippen LogP contribution in [0.5, 0.6) is 0 Å². The maximum Gasteiger partial charge on any atom is 0.451 e. The Morgan fingerprint density at radius 3 is 2.36 bits per heavy atom. The number of rotatable bonds is 1. The summed E-state index contributed by atoms with van der Waals surface area (Å²) in [6.07, 6.45) is 1.63. The number of alkyl halides is 3. The van der Waals surface area contributed by atoms with Crippen molar-refractivity contribution in [3.63, 3.8) is 0 Å². The Labute approximate surface area is 143 Å². The van der Waals surface area contributed by atoms with Crippen LogP contribution in [0.4, 0.5) is 18.0 Å². The molecule has 2 aliphatic rings. The average Bonchev–Trinajstić information content (AvgIpc) is 2.75. The van der Waals surface area contributed by atoms with E-state index < -0.39 is 17.6 Å². The minimum absolute atomic E-state index is 0.0119. The Kier molecular flexibility index (Phi) is 4.25. The van der Waals surface area contributed by atoms with E-state index in [9.17, 15) is 18.0 Å². The van der Waals surface area contributed by atoms with E-state index in [0.29, 0.717) is 12.0 Å². The fourth-order valence-electron chi connectivity index (χ4n) is 3.28. The minimum Gasteiger partial charge on any atom is -0.444 e. The van der Waals surface area contributed by atoms with Gasteiger partial charge in [0, 0.05) is 24.0 Å². The highest BCUT2D eigenvalue weighted by atomic mass is 19.4. The molecule has 1 amide bonds. The number of fused-ring (bicyclic) bond motifs is 2. The van der Waals surface area contributed by atoms with E-state index >= 15 is 0 Å². The summed E-state index contributed by atoms with van der Waals surface area (Å²) < 4.78 is 43.2. The first-order valence-corrected chi connectivity index (χ1v) is 8.16. The summed E-state index contributed by atoms with van der Waals surface area (Å²) in [4.78, 5) is 21.0. The molecule has 2 bridgehead atoms. The molecule has 5 nitrogen and oxygen atoms in total. The molecule has 0 radical (unpaired) electrons. The van der Waals surface area contributed by atoms with Crippen LogP contribution in [0.15, 0.2) is 18.5 Å². The number of carbonyl (C=O) groups excluding carboxylic acids is 1. The first kappa shape index (κ1) is 17.7. The molecule has 0 N–H and O–H groups in total. The van der Waals surface area contributed by atoms with Gasteiger partial charge in [-0.05, 0) is 45.6 Å². The molecular formula is C17H20F3N3O2. The van der Waals surface area contributed by atoms with Crippen molar-refractivity contribution in [2.75, 3.05) is 0 Å². The quantitative estimate of drug-likeness (QED) is 0.763. The number of aromatic nitrogens is 2. The summed E-state index contributed by atoms with van der Waals surface area (Å²) >= 11 is 0. The maximum atomic E-state index is 12.6. The minimum atomic E-state index is -4.55. The molecule has 1 aromatic rings. The number of hydrogen-bond acceptors (Lipinski definition) is 4. The predicted molar refractivity (Wildman–Crippen MR) is 84.5 cm³/mol. The third kappa shape index (κ3) is 3.77. The largest absolute Gasteiger partial charge is 0.451 e. The Balaban J connectivity index is 1.79. The highest BCUT2D eigenvalue weighted by Gasteiger charge is 2.42. The number of nitrogens with zero attached hydrogens (tertiary/aromatic N) is 3. The summed E-state index contributed by atoms with van der Waals surface area (Å²) in [7, 11) is 0. The Morgan fingerprint density at radius 1 is 1.20 bits per heavy atom. The van der Waals surface area contributed by atoms with Gasteiger partial charge in [0.2, 0.25) is 5.82 Å². The zero-order chi connectivity index (χ0) is 18.4. The van der Waals surface area contributed by atoms with E-state index in [1.165, 1.54) is 12.4 Å². The number of hydrogen-bond donors (Lipinski definition) is 0. The molecule has 136 valence electrons.